The smallest absolute Gasteiger partial charge is 0.394 e. The zero-order valence-electron chi connectivity index (χ0n) is 11.2. The maximum Gasteiger partial charge on any atom is 0.466 e. The number of ether oxygens (including phenoxy) is 1. The molecule has 1 rings (SSSR count). The lowest BCUT2D eigenvalue weighted by molar-refractivity contribution is -0.205. The van der Waals surface area contributed by atoms with Gasteiger partial charge >= 0.3 is 10.4 Å². The van der Waals surface area contributed by atoms with Crippen molar-refractivity contribution in [2.24, 2.45) is 5.16 Å². The van der Waals surface area contributed by atoms with Crippen LogP contribution < -0.4 is 0 Å². The highest BCUT2D eigenvalue weighted by Crippen LogP contribution is 2.30. The summed E-state index contributed by atoms with van der Waals surface area (Å²) in [5, 5.41) is 41.3. The largest absolute Gasteiger partial charge is 0.466 e. The third-order valence-corrected chi connectivity index (χ3v) is 4.05. The first-order valence-electron chi connectivity index (χ1n) is 6.00. The highest BCUT2D eigenvalue weighted by Gasteiger charge is 2.44. The van der Waals surface area contributed by atoms with Crippen LogP contribution in [0.2, 0.25) is 0 Å². The van der Waals surface area contributed by atoms with Crippen LogP contribution in [0.3, 0.4) is 0 Å². The molecule has 0 saturated carbocycles. The van der Waals surface area contributed by atoms with Crippen molar-refractivity contribution >= 4 is 27.2 Å². The average molecular weight is 359 g/mol. The van der Waals surface area contributed by atoms with Gasteiger partial charge < -0.3 is 25.2 Å². The minimum atomic E-state index is -4.79. The molecule has 5 N–H and O–H groups in total. The van der Waals surface area contributed by atoms with E-state index in [1.54, 1.807) is 0 Å². The van der Waals surface area contributed by atoms with Crippen molar-refractivity contribution in [3.8, 4) is 0 Å². The maximum absolute atomic E-state index is 10.5. The van der Waals surface area contributed by atoms with E-state index < -0.39 is 46.9 Å². The molecule has 1 aliphatic rings. The van der Waals surface area contributed by atoms with Gasteiger partial charge in [0.15, 0.2) is 0 Å². The molecule has 0 spiro atoms. The first-order chi connectivity index (χ1) is 10.2. The summed E-state index contributed by atoms with van der Waals surface area (Å²) in [5.41, 5.74) is -1.15. The highest BCUT2D eigenvalue weighted by atomic mass is 32.3. The lowest BCUT2D eigenvalue weighted by atomic mass is 10.0. The van der Waals surface area contributed by atoms with E-state index in [1.807, 2.05) is 0 Å². The van der Waals surface area contributed by atoms with Crippen molar-refractivity contribution in [2.75, 3.05) is 6.61 Å². The number of aliphatic hydroxyl groups is 4. The van der Waals surface area contributed by atoms with Crippen LogP contribution in [0, 0.1) is 0 Å². The van der Waals surface area contributed by atoms with Gasteiger partial charge in [-0.15, -0.1) is 6.58 Å². The quantitative estimate of drug-likeness (QED) is 0.120. The van der Waals surface area contributed by atoms with E-state index in [9.17, 15) is 23.7 Å². The first kappa shape index (κ1) is 19.3. The van der Waals surface area contributed by atoms with Crippen molar-refractivity contribution in [1.29, 1.82) is 0 Å². The van der Waals surface area contributed by atoms with Crippen LogP contribution in [0.5, 0.6) is 0 Å². The third-order valence-electron chi connectivity index (χ3n) is 2.65. The second-order valence-electron chi connectivity index (χ2n) is 4.30. The molecule has 0 aromatic rings. The number of aliphatic hydroxyl groups excluding tert-OH is 4. The summed E-state index contributed by atoms with van der Waals surface area (Å²) in [6, 6.07) is 0. The summed E-state index contributed by atoms with van der Waals surface area (Å²) in [6.07, 6.45) is -4.34. The lowest BCUT2D eigenvalue weighted by Crippen LogP contribution is -2.57. The summed E-state index contributed by atoms with van der Waals surface area (Å²) in [4.78, 5) is 0. The number of thioether (sulfide) groups is 1. The molecular weight excluding hydrogens is 342 g/mol. The van der Waals surface area contributed by atoms with E-state index in [1.165, 1.54) is 6.08 Å². The zero-order valence-corrected chi connectivity index (χ0v) is 12.9. The van der Waals surface area contributed by atoms with Crippen LogP contribution in [0.25, 0.3) is 0 Å². The van der Waals surface area contributed by atoms with Gasteiger partial charge in [-0.05, 0) is 0 Å². The van der Waals surface area contributed by atoms with E-state index in [0.29, 0.717) is 11.8 Å². The SMILES string of the molecule is C=CCC(=NOS(=O)(=O)O)SC1OC(CO)C(O)C(O)C1O. The number of oxime groups is 1. The van der Waals surface area contributed by atoms with E-state index in [4.69, 9.17) is 14.4 Å². The Labute approximate surface area is 131 Å². The Hall–Kier alpha value is -0.730. The molecule has 10 nitrogen and oxygen atoms in total. The van der Waals surface area contributed by atoms with Gasteiger partial charge in [0.2, 0.25) is 0 Å². The molecule has 12 heteroatoms. The number of nitrogens with zero attached hydrogens (tertiary/aromatic N) is 1. The Bertz CT molecular complexity index is 507. The van der Waals surface area contributed by atoms with Crippen LogP contribution in [0.15, 0.2) is 17.8 Å². The van der Waals surface area contributed by atoms with E-state index in [0.717, 1.165) is 0 Å². The maximum atomic E-state index is 10.5. The second kappa shape index (κ2) is 8.21. The Morgan fingerprint density at radius 3 is 2.45 bits per heavy atom. The molecule has 0 bridgehead atoms. The fourth-order valence-electron chi connectivity index (χ4n) is 1.62. The van der Waals surface area contributed by atoms with E-state index in [-0.39, 0.29) is 11.5 Å². The molecule has 1 heterocycles. The van der Waals surface area contributed by atoms with Crippen molar-refractivity contribution < 1.29 is 42.4 Å². The molecular formula is C10H17NO9S2. The van der Waals surface area contributed by atoms with Crippen LogP contribution in [0.4, 0.5) is 0 Å². The fourth-order valence-corrected chi connectivity index (χ4v) is 2.91. The molecule has 0 aliphatic carbocycles. The van der Waals surface area contributed by atoms with Gasteiger partial charge in [-0.2, -0.15) is 8.42 Å². The number of rotatable bonds is 6. The number of hydrogen-bond acceptors (Lipinski definition) is 10. The van der Waals surface area contributed by atoms with Gasteiger partial charge in [0.1, 0.15) is 34.9 Å². The molecule has 5 unspecified atom stereocenters. The van der Waals surface area contributed by atoms with Crippen molar-refractivity contribution in [3.05, 3.63) is 12.7 Å². The Morgan fingerprint density at radius 2 is 1.95 bits per heavy atom. The molecule has 22 heavy (non-hydrogen) atoms. The van der Waals surface area contributed by atoms with Gasteiger partial charge in [-0.3, -0.25) is 4.55 Å². The Kier molecular flexibility index (Phi) is 7.21. The molecule has 5 atom stereocenters. The summed E-state index contributed by atoms with van der Waals surface area (Å²) < 4.78 is 38.5. The van der Waals surface area contributed by atoms with Crippen LogP contribution >= 0.6 is 11.8 Å². The molecule has 0 amide bonds. The summed E-state index contributed by atoms with van der Waals surface area (Å²) in [6.45, 7) is 2.82. The van der Waals surface area contributed by atoms with Crippen molar-refractivity contribution in [3.63, 3.8) is 0 Å². The minimum absolute atomic E-state index is 0.0230. The molecule has 1 fully saturated rings. The third kappa shape index (κ3) is 5.48. The van der Waals surface area contributed by atoms with Crippen molar-refractivity contribution in [1.82, 2.24) is 0 Å². The van der Waals surface area contributed by atoms with E-state index >= 15 is 0 Å². The first-order valence-corrected chi connectivity index (χ1v) is 8.25. The Balaban J connectivity index is 2.85. The minimum Gasteiger partial charge on any atom is -0.394 e. The lowest BCUT2D eigenvalue weighted by Gasteiger charge is -2.39. The normalized spacial score (nSPS) is 33.5. The van der Waals surface area contributed by atoms with Crippen LogP contribution in [-0.4, -0.2) is 74.9 Å². The van der Waals surface area contributed by atoms with Crippen LogP contribution in [-0.2, 0) is 19.4 Å². The molecule has 1 aliphatic heterocycles. The van der Waals surface area contributed by atoms with E-state index in [2.05, 4.69) is 16.0 Å². The van der Waals surface area contributed by atoms with Gasteiger partial charge in [0.05, 0.1) is 6.61 Å². The second-order valence-corrected chi connectivity index (χ2v) is 6.47. The highest BCUT2D eigenvalue weighted by molar-refractivity contribution is 8.14. The predicted octanol–water partition coefficient (Wildman–Crippen LogP) is -1.77. The van der Waals surface area contributed by atoms with Crippen LogP contribution in [0.1, 0.15) is 6.42 Å². The number of hydrogen-bond donors (Lipinski definition) is 5. The van der Waals surface area contributed by atoms with Gasteiger partial charge in [-0.1, -0.05) is 23.0 Å². The molecule has 128 valence electrons. The fraction of sp³-hybridized carbons (Fsp3) is 0.700. The van der Waals surface area contributed by atoms with Crippen molar-refractivity contribution in [2.45, 2.75) is 36.3 Å². The summed E-state index contributed by atoms with van der Waals surface area (Å²) >= 11 is 0.688. The topological polar surface area (TPSA) is 166 Å². The molecule has 0 aromatic carbocycles. The number of allylic oxidation sites excluding steroid dienone is 1. The van der Waals surface area contributed by atoms with Gasteiger partial charge in [-0.25, -0.2) is 4.28 Å². The standard InChI is InChI=1S/C10H17NO9S2/c1-2-3-6(11-20-22(16,17)18)21-10-9(15)8(14)7(13)5(4-12)19-10/h2,5,7-10,12-15H,1,3-4H2,(H,16,17,18). The van der Waals surface area contributed by atoms with Gasteiger partial charge in [0.25, 0.3) is 0 Å². The average Bonchev–Trinajstić information content (AvgIpc) is 2.44. The summed E-state index contributed by atoms with van der Waals surface area (Å²) in [7, 11) is -4.79. The predicted molar refractivity (Wildman–Crippen MR) is 76.2 cm³/mol. The molecule has 0 radical (unpaired) electrons. The molecule has 0 aromatic heterocycles. The Morgan fingerprint density at radius 1 is 1.32 bits per heavy atom. The monoisotopic (exact) mass is 359 g/mol. The van der Waals surface area contributed by atoms with Gasteiger partial charge in [0, 0.05) is 6.42 Å². The molecule has 1 saturated heterocycles. The summed E-state index contributed by atoms with van der Waals surface area (Å²) in [5.74, 6) is 0. The zero-order chi connectivity index (χ0) is 16.9.